The molecule has 0 aliphatic carbocycles. The van der Waals surface area contributed by atoms with Crippen LogP contribution < -0.4 is 4.74 Å². The topological polar surface area (TPSA) is 53.4 Å². The van der Waals surface area contributed by atoms with Crippen LogP contribution in [0.5, 0.6) is 5.75 Å². The van der Waals surface area contributed by atoms with Gasteiger partial charge in [0.15, 0.2) is 5.69 Å². The van der Waals surface area contributed by atoms with E-state index in [2.05, 4.69) is 21.0 Å². The number of para-hydroxylation sites is 1. The van der Waals surface area contributed by atoms with E-state index in [1.54, 1.807) is 26.1 Å². The van der Waals surface area contributed by atoms with E-state index < -0.39 is 5.97 Å². The summed E-state index contributed by atoms with van der Waals surface area (Å²) in [6.45, 7) is 2.25. The highest BCUT2D eigenvalue weighted by molar-refractivity contribution is 9.10. The first-order valence-corrected chi connectivity index (χ1v) is 7.47. The average molecular weight is 374 g/mol. The molecule has 21 heavy (non-hydrogen) atoms. The number of benzene rings is 1. The Balaban J connectivity index is 2.17. The summed E-state index contributed by atoms with van der Waals surface area (Å²) in [5.74, 6) is 0.137. The number of hydrogen-bond acceptors (Lipinski definition) is 4. The highest BCUT2D eigenvalue weighted by atomic mass is 79.9. The van der Waals surface area contributed by atoms with E-state index in [0.717, 1.165) is 0 Å². The van der Waals surface area contributed by atoms with E-state index in [0.29, 0.717) is 33.2 Å². The van der Waals surface area contributed by atoms with Crippen LogP contribution in [0.1, 0.15) is 23.1 Å². The third kappa shape index (κ3) is 3.57. The summed E-state index contributed by atoms with van der Waals surface area (Å²) in [6.07, 6.45) is 0. The van der Waals surface area contributed by atoms with Gasteiger partial charge in [-0.25, -0.2) is 4.79 Å². The number of nitrogens with zero attached hydrogens (tertiary/aromatic N) is 2. The molecular weight excluding hydrogens is 360 g/mol. The van der Waals surface area contributed by atoms with Gasteiger partial charge in [-0.3, -0.25) is 4.68 Å². The van der Waals surface area contributed by atoms with Crippen LogP contribution in [0.25, 0.3) is 0 Å². The molecule has 0 saturated heterocycles. The van der Waals surface area contributed by atoms with Gasteiger partial charge in [0.1, 0.15) is 18.1 Å². The third-order valence-electron chi connectivity index (χ3n) is 2.73. The second-order valence-corrected chi connectivity index (χ2v) is 5.37. The van der Waals surface area contributed by atoms with Gasteiger partial charge in [0.2, 0.25) is 0 Å². The van der Waals surface area contributed by atoms with Crippen molar-refractivity contribution >= 4 is 33.5 Å². The molecule has 0 spiro atoms. The van der Waals surface area contributed by atoms with Crippen LogP contribution in [0.2, 0.25) is 5.02 Å². The van der Waals surface area contributed by atoms with Crippen molar-refractivity contribution in [2.45, 2.75) is 13.5 Å². The molecule has 0 N–H and O–H groups in total. The maximum absolute atomic E-state index is 11.9. The smallest absolute Gasteiger partial charge is 0.357 e. The first-order valence-electron chi connectivity index (χ1n) is 6.30. The Morgan fingerprint density at radius 1 is 1.43 bits per heavy atom. The molecule has 2 aromatic rings. The first kappa shape index (κ1) is 15.9. The van der Waals surface area contributed by atoms with Crippen LogP contribution in [0.15, 0.2) is 28.7 Å². The van der Waals surface area contributed by atoms with Crippen molar-refractivity contribution in [3.8, 4) is 5.75 Å². The van der Waals surface area contributed by atoms with Gasteiger partial charge in [0.25, 0.3) is 0 Å². The minimum Gasteiger partial charge on any atom is -0.486 e. The summed E-state index contributed by atoms with van der Waals surface area (Å²) < 4.78 is 12.6. The van der Waals surface area contributed by atoms with Gasteiger partial charge in [0, 0.05) is 7.05 Å². The third-order valence-corrected chi connectivity index (χ3v) is 3.87. The first-order chi connectivity index (χ1) is 10.0. The minimum atomic E-state index is -0.427. The lowest BCUT2D eigenvalue weighted by atomic mass is 10.3. The fraction of sp³-hybridized carbons (Fsp3) is 0.286. The zero-order valence-corrected chi connectivity index (χ0v) is 13.9. The summed E-state index contributed by atoms with van der Waals surface area (Å²) in [6, 6.07) is 7.17. The molecule has 1 heterocycles. The van der Waals surface area contributed by atoms with E-state index in [1.807, 2.05) is 12.1 Å². The van der Waals surface area contributed by atoms with Gasteiger partial charge >= 0.3 is 5.97 Å². The predicted molar refractivity (Wildman–Crippen MR) is 82.6 cm³/mol. The van der Waals surface area contributed by atoms with Crippen LogP contribution in [-0.4, -0.2) is 22.4 Å². The van der Waals surface area contributed by atoms with E-state index in [-0.39, 0.29) is 6.61 Å². The van der Waals surface area contributed by atoms with Crippen molar-refractivity contribution in [2.75, 3.05) is 6.61 Å². The minimum absolute atomic E-state index is 0.192. The summed E-state index contributed by atoms with van der Waals surface area (Å²) in [5, 5.41) is 4.78. The number of hydrogen-bond donors (Lipinski definition) is 0. The van der Waals surface area contributed by atoms with E-state index in [9.17, 15) is 4.79 Å². The van der Waals surface area contributed by atoms with Crippen LogP contribution >= 0.6 is 27.5 Å². The highest BCUT2D eigenvalue weighted by Crippen LogP contribution is 2.27. The lowest BCUT2D eigenvalue weighted by molar-refractivity contribution is 0.0512. The van der Waals surface area contributed by atoms with E-state index in [4.69, 9.17) is 21.1 Å². The largest absolute Gasteiger partial charge is 0.486 e. The maximum Gasteiger partial charge on any atom is 0.357 e. The Bertz CT molecular complexity index is 658. The van der Waals surface area contributed by atoms with Gasteiger partial charge in [-0.1, -0.05) is 23.7 Å². The molecule has 0 aliphatic rings. The van der Waals surface area contributed by atoms with Crippen LogP contribution in [0.3, 0.4) is 0 Å². The molecule has 1 aromatic heterocycles. The van der Waals surface area contributed by atoms with Gasteiger partial charge < -0.3 is 9.47 Å². The van der Waals surface area contributed by atoms with Gasteiger partial charge in [0.05, 0.1) is 16.1 Å². The fourth-order valence-electron chi connectivity index (χ4n) is 1.77. The Kier molecular flexibility index (Phi) is 5.25. The molecule has 0 atom stereocenters. The lowest BCUT2D eigenvalue weighted by Crippen LogP contribution is -2.10. The molecular formula is C14H14BrClN2O3. The molecule has 5 nitrogen and oxygen atoms in total. The zero-order chi connectivity index (χ0) is 15.4. The van der Waals surface area contributed by atoms with Crippen molar-refractivity contribution in [3.05, 3.63) is 45.1 Å². The van der Waals surface area contributed by atoms with Gasteiger partial charge in [-0.2, -0.15) is 5.10 Å². The molecule has 0 radical (unpaired) electrons. The normalized spacial score (nSPS) is 10.5. The number of carbonyl (C=O) groups is 1. The van der Waals surface area contributed by atoms with Crippen molar-refractivity contribution in [1.82, 2.24) is 9.78 Å². The average Bonchev–Trinajstić information content (AvgIpc) is 2.73. The number of esters is 1. The SMILES string of the molecule is CCOC(=O)c1c(Br)c(COc2ccccc2Cl)nn1C. The summed E-state index contributed by atoms with van der Waals surface area (Å²) >= 11 is 9.39. The molecule has 0 fully saturated rings. The van der Waals surface area contributed by atoms with Gasteiger partial charge in [-0.05, 0) is 35.0 Å². The van der Waals surface area contributed by atoms with Crippen molar-refractivity contribution in [2.24, 2.45) is 7.05 Å². The summed E-state index contributed by atoms with van der Waals surface area (Å²) in [7, 11) is 1.68. The number of carbonyl (C=O) groups excluding carboxylic acids is 1. The van der Waals surface area contributed by atoms with Crippen LogP contribution in [0.4, 0.5) is 0 Å². The van der Waals surface area contributed by atoms with Crippen molar-refractivity contribution < 1.29 is 14.3 Å². The molecule has 1 aromatic carbocycles. The van der Waals surface area contributed by atoms with E-state index >= 15 is 0 Å². The second-order valence-electron chi connectivity index (χ2n) is 4.17. The molecule has 0 aliphatic heterocycles. The summed E-state index contributed by atoms with van der Waals surface area (Å²) in [5.41, 5.74) is 0.954. The molecule has 112 valence electrons. The number of ether oxygens (including phenoxy) is 2. The predicted octanol–water partition coefficient (Wildman–Crippen LogP) is 3.59. The molecule has 0 bridgehead atoms. The van der Waals surface area contributed by atoms with Crippen molar-refractivity contribution in [1.29, 1.82) is 0 Å². The highest BCUT2D eigenvalue weighted by Gasteiger charge is 2.21. The molecule has 7 heteroatoms. The Morgan fingerprint density at radius 3 is 2.81 bits per heavy atom. The molecule has 0 saturated carbocycles. The van der Waals surface area contributed by atoms with Crippen LogP contribution in [0, 0.1) is 0 Å². The number of aryl methyl sites for hydroxylation is 1. The van der Waals surface area contributed by atoms with Gasteiger partial charge in [-0.15, -0.1) is 0 Å². The zero-order valence-electron chi connectivity index (χ0n) is 11.6. The van der Waals surface area contributed by atoms with Crippen molar-refractivity contribution in [3.63, 3.8) is 0 Å². The molecule has 0 unspecified atom stereocenters. The Hall–Kier alpha value is -1.53. The monoisotopic (exact) mass is 372 g/mol. The second kappa shape index (κ2) is 6.95. The number of rotatable bonds is 5. The van der Waals surface area contributed by atoms with E-state index in [1.165, 1.54) is 4.68 Å². The quantitative estimate of drug-likeness (QED) is 0.752. The molecule has 0 amide bonds. The van der Waals surface area contributed by atoms with Crippen LogP contribution in [-0.2, 0) is 18.4 Å². The fourth-order valence-corrected chi connectivity index (χ4v) is 2.58. The molecule has 2 rings (SSSR count). The lowest BCUT2D eigenvalue weighted by Gasteiger charge is -2.06. The summed E-state index contributed by atoms with van der Waals surface area (Å²) in [4.78, 5) is 11.9. The number of halogens is 2. The maximum atomic E-state index is 11.9. The Morgan fingerprint density at radius 2 is 2.14 bits per heavy atom. The number of aromatic nitrogens is 2. The Labute approximate surface area is 135 Å². The standard InChI is InChI=1S/C14H14BrClN2O3/c1-3-20-14(19)13-12(15)10(17-18(13)2)8-21-11-7-5-4-6-9(11)16/h4-7H,3,8H2,1-2H3.